The minimum atomic E-state index is -2.88. The summed E-state index contributed by atoms with van der Waals surface area (Å²) in [6.45, 7) is 13.9. The number of nitrogens with zero attached hydrogens (tertiary/aromatic N) is 2. The third-order valence-corrected chi connectivity index (χ3v) is 20.4. The zero-order valence-electron chi connectivity index (χ0n) is 26.6. The molecular formula is C34H45Cl2IN2O3Si2. The molecule has 3 atom stereocenters. The van der Waals surface area contributed by atoms with E-state index < -0.39 is 16.6 Å². The summed E-state index contributed by atoms with van der Waals surface area (Å²) in [4.78, 5) is 4.68. The van der Waals surface area contributed by atoms with Gasteiger partial charge in [0.25, 0.3) is 8.32 Å². The van der Waals surface area contributed by atoms with Crippen molar-refractivity contribution in [2.75, 3.05) is 13.2 Å². The summed E-state index contributed by atoms with van der Waals surface area (Å²) >= 11 is 15.8. The van der Waals surface area contributed by atoms with Crippen LogP contribution in [-0.2, 0) is 8.85 Å². The third kappa shape index (κ3) is 7.17. The minimum absolute atomic E-state index is 0.0483. The third-order valence-electron chi connectivity index (χ3n) is 9.07. The lowest BCUT2D eigenvalue weighted by atomic mass is 9.95. The number of imidazole rings is 1. The lowest BCUT2D eigenvalue weighted by Crippen LogP contribution is -2.67. The van der Waals surface area contributed by atoms with Crippen molar-refractivity contribution in [1.29, 1.82) is 0 Å². The topological polar surface area (TPSA) is 56.0 Å². The molecule has 0 aliphatic carbocycles. The molecule has 4 rings (SSSR count). The molecule has 2 aromatic heterocycles. The fraction of sp³-hybridized carbons (Fsp3) is 0.441. The molecule has 0 aliphatic rings. The van der Waals surface area contributed by atoms with E-state index in [9.17, 15) is 5.11 Å². The largest absolute Gasteiger partial charge is 0.411 e. The number of halogens is 3. The molecule has 0 saturated heterocycles. The van der Waals surface area contributed by atoms with Gasteiger partial charge in [-0.25, -0.2) is 4.98 Å². The van der Waals surface area contributed by atoms with E-state index in [0.29, 0.717) is 22.4 Å². The first-order valence-electron chi connectivity index (χ1n) is 15.5. The van der Waals surface area contributed by atoms with Crippen LogP contribution in [0.1, 0.15) is 53.2 Å². The summed E-state index contributed by atoms with van der Waals surface area (Å²) in [5.74, 6) is -0.309. The van der Waals surface area contributed by atoms with Crippen LogP contribution >= 0.6 is 45.8 Å². The van der Waals surface area contributed by atoms with Gasteiger partial charge in [-0.05, 0) is 45.7 Å². The van der Waals surface area contributed by atoms with E-state index >= 15 is 0 Å². The molecule has 238 valence electrons. The zero-order valence-corrected chi connectivity index (χ0v) is 32.2. The van der Waals surface area contributed by atoms with Crippen molar-refractivity contribution in [3.05, 3.63) is 94.9 Å². The molecule has 44 heavy (non-hydrogen) atoms. The summed E-state index contributed by atoms with van der Waals surface area (Å²) in [7, 11) is -5.04. The molecular weight excluding hydrogens is 738 g/mol. The van der Waals surface area contributed by atoms with Crippen LogP contribution in [0.3, 0.4) is 0 Å². The fourth-order valence-electron chi connectivity index (χ4n) is 6.50. The van der Waals surface area contributed by atoms with Crippen LogP contribution < -0.4 is 10.4 Å². The highest BCUT2D eigenvalue weighted by molar-refractivity contribution is 14.1. The number of hydrogen-bond acceptors (Lipinski definition) is 4. The van der Waals surface area contributed by atoms with Gasteiger partial charge in [-0.2, -0.15) is 0 Å². The van der Waals surface area contributed by atoms with Gasteiger partial charge in [0.15, 0.2) is 13.5 Å². The lowest BCUT2D eigenvalue weighted by molar-refractivity contribution is 0.0831. The second-order valence-corrected chi connectivity index (χ2v) is 23.9. The molecule has 1 N–H and O–H groups in total. The van der Waals surface area contributed by atoms with Crippen LogP contribution in [0.25, 0.3) is 5.65 Å². The van der Waals surface area contributed by atoms with E-state index in [-0.39, 0.29) is 27.6 Å². The number of fused-ring (bicyclic) bond motifs is 1. The normalized spacial score (nSPS) is 15.0. The molecule has 3 unspecified atom stereocenters. The molecule has 2 heterocycles. The maximum atomic E-state index is 10.7. The van der Waals surface area contributed by atoms with Crippen molar-refractivity contribution in [2.24, 2.45) is 0 Å². The van der Waals surface area contributed by atoms with Gasteiger partial charge in [-0.3, -0.25) is 0 Å². The second kappa shape index (κ2) is 15.1. The predicted octanol–water partition coefficient (Wildman–Crippen LogP) is 8.49. The molecule has 4 aromatic rings. The lowest BCUT2D eigenvalue weighted by Gasteiger charge is -2.45. The van der Waals surface area contributed by atoms with Gasteiger partial charge in [0.2, 0.25) is 0 Å². The Hall–Kier alpha value is -1.25. The highest BCUT2D eigenvalue weighted by Gasteiger charge is 2.51. The van der Waals surface area contributed by atoms with Crippen molar-refractivity contribution >= 4 is 78.4 Å². The van der Waals surface area contributed by atoms with Crippen LogP contribution in [0.15, 0.2) is 79.0 Å². The van der Waals surface area contributed by atoms with Crippen molar-refractivity contribution in [3.8, 4) is 0 Å². The van der Waals surface area contributed by atoms with Crippen LogP contribution in [-0.4, -0.2) is 54.4 Å². The van der Waals surface area contributed by atoms with Gasteiger partial charge in [0, 0.05) is 16.0 Å². The number of pyridine rings is 1. The summed E-state index contributed by atoms with van der Waals surface area (Å²) < 4.78 is 16.7. The molecule has 0 spiro atoms. The summed E-state index contributed by atoms with van der Waals surface area (Å²) in [6, 6.07) is 28.0. The number of alkyl halides is 1. The minimum Gasteiger partial charge on any atom is -0.411 e. The van der Waals surface area contributed by atoms with Crippen molar-refractivity contribution in [3.63, 3.8) is 0 Å². The van der Waals surface area contributed by atoms with E-state index in [1.165, 1.54) is 10.4 Å². The molecule has 2 aromatic carbocycles. The summed E-state index contributed by atoms with van der Waals surface area (Å²) in [5, 5.41) is 13.9. The highest BCUT2D eigenvalue weighted by Crippen LogP contribution is 2.41. The molecule has 0 aliphatic heterocycles. The van der Waals surface area contributed by atoms with E-state index in [1.54, 1.807) is 0 Å². The molecule has 10 heteroatoms. The molecule has 5 nitrogen and oxygen atoms in total. The monoisotopic (exact) mass is 782 g/mol. The Kier molecular flexibility index (Phi) is 12.2. The number of aromatic nitrogens is 2. The Balaban J connectivity index is 1.94. The van der Waals surface area contributed by atoms with E-state index in [2.05, 4.69) is 130 Å². The maximum Gasteiger partial charge on any atom is 0.261 e. The zero-order chi connectivity index (χ0) is 32.1. The number of aliphatic hydroxyl groups is 1. The number of benzene rings is 2. The number of aliphatic hydroxyl groups excluding tert-OH is 1. The van der Waals surface area contributed by atoms with Gasteiger partial charge < -0.3 is 18.4 Å². The Morgan fingerprint density at radius 3 is 1.91 bits per heavy atom. The van der Waals surface area contributed by atoms with Crippen LogP contribution in [0, 0.1) is 0 Å². The molecule has 0 saturated carbocycles. The molecule has 0 radical (unpaired) electrons. The highest BCUT2D eigenvalue weighted by atomic mass is 127. The Labute approximate surface area is 288 Å². The Morgan fingerprint density at radius 2 is 1.43 bits per heavy atom. The smallest absolute Gasteiger partial charge is 0.261 e. The maximum absolute atomic E-state index is 10.7. The Morgan fingerprint density at radius 1 is 0.886 bits per heavy atom. The number of hydrogen-bond donors (Lipinski definition) is 1. The Bertz CT molecular complexity index is 1450. The van der Waals surface area contributed by atoms with Gasteiger partial charge >= 0.3 is 0 Å². The van der Waals surface area contributed by atoms with Gasteiger partial charge in [0.1, 0.15) is 5.65 Å². The fourth-order valence-corrected chi connectivity index (χ4v) is 15.2. The first-order valence-corrected chi connectivity index (χ1v) is 21.9. The quantitative estimate of drug-likeness (QED) is 0.0793. The first-order chi connectivity index (χ1) is 21.0. The van der Waals surface area contributed by atoms with Crippen molar-refractivity contribution < 1.29 is 14.0 Å². The van der Waals surface area contributed by atoms with Crippen molar-refractivity contribution in [1.82, 2.24) is 9.38 Å². The summed E-state index contributed by atoms with van der Waals surface area (Å²) in [5.41, 5.74) is 1.50. The van der Waals surface area contributed by atoms with E-state index in [1.807, 2.05) is 22.7 Å². The van der Waals surface area contributed by atoms with Crippen LogP contribution in [0.4, 0.5) is 0 Å². The molecule has 0 bridgehead atoms. The molecule has 0 fully saturated rings. The van der Waals surface area contributed by atoms with E-state index in [4.69, 9.17) is 32.1 Å². The van der Waals surface area contributed by atoms with Crippen LogP contribution in [0.2, 0.25) is 33.3 Å². The van der Waals surface area contributed by atoms with Gasteiger partial charge in [-0.15, -0.1) is 0 Å². The number of rotatable bonds is 14. The first kappa shape index (κ1) is 35.6. The predicted molar refractivity (Wildman–Crippen MR) is 198 cm³/mol. The van der Waals surface area contributed by atoms with Crippen molar-refractivity contribution in [2.45, 2.75) is 80.7 Å². The summed E-state index contributed by atoms with van der Waals surface area (Å²) in [6.07, 6.45) is 1.47. The van der Waals surface area contributed by atoms with Gasteiger partial charge in [0.05, 0.1) is 30.0 Å². The average molecular weight is 784 g/mol. The second-order valence-electron chi connectivity index (χ2n) is 12.5. The SMILES string of the molecule is CC[Si](CC)(CC)OC(CO[Si](c1ccccc1)(c1ccccc1)C(C)(C)C)C(c1c(Cl)nc2ccc(Cl)cn12)C(I)CO. The van der Waals surface area contributed by atoms with Gasteiger partial charge in [-0.1, -0.05) is 148 Å². The standard InChI is InChI=1S/C34H45Cl2IN2O3Si2/c1-7-43(8-2,9-3)42-29(31(28(37)23-40)32-33(36)38-30-21-20-25(35)22-39(30)32)24-41-44(34(4,5)6,26-16-12-10-13-17-26)27-18-14-11-15-19-27/h10-22,28-29,31,40H,7-9,23-24H2,1-6H3. The average Bonchev–Trinajstić information content (AvgIpc) is 3.34. The molecule has 0 amide bonds. The van der Waals surface area contributed by atoms with E-state index in [0.717, 1.165) is 23.8 Å². The van der Waals surface area contributed by atoms with Crippen LogP contribution in [0.5, 0.6) is 0 Å².